The second-order valence-corrected chi connectivity index (χ2v) is 9.24. The largest absolute Gasteiger partial charge is 0.491 e. The van der Waals surface area contributed by atoms with Gasteiger partial charge in [0.25, 0.3) is 0 Å². The first kappa shape index (κ1) is 23.1. The Morgan fingerprint density at radius 3 is 2.54 bits per heavy atom. The van der Waals surface area contributed by atoms with Crippen LogP contribution in [0.5, 0.6) is 5.75 Å². The van der Waals surface area contributed by atoms with E-state index in [9.17, 15) is 14.3 Å². The number of rotatable bonds is 7. The van der Waals surface area contributed by atoms with Crippen LogP contribution in [0.2, 0.25) is 0 Å². The van der Waals surface area contributed by atoms with Crippen molar-refractivity contribution in [3.05, 3.63) is 89.5 Å². The molecule has 1 aliphatic heterocycles. The number of benzene rings is 3. The molecule has 5 rings (SSSR count). The summed E-state index contributed by atoms with van der Waals surface area (Å²) in [6, 6.07) is 19.7. The third-order valence-corrected chi connectivity index (χ3v) is 6.34. The molecular formula is C28H28FN3O3. The first-order chi connectivity index (χ1) is 16.9. The standard InChI is InChI=1S/C28H28FN3O3/c1-18-11-19(2)13-24(12-18)35-17-23(33)16-32-26-6-4-3-5-25(26)30-28(32)20-14-27(34)31(15-20)22-9-7-21(29)8-10-22/h3-13,20,23,33H,14-17H2,1-2H3. The van der Waals surface area contributed by atoms with Gasteiger partial charge in [-0.2, -0.15) is 0 Å². The second kappa shape index (κ2) is 9.50. The van der Waals surface area contributed by atoms with Gasteiger partial charge in [-0.1, -0.05) is 18.2 Å². The highest BCUT2D eigenvalue weighted by atomic mass is 19.1. The SMILES string of the molecule is Cc1cc(C)cc(OCC(O)Cn2c(C3CC(=O)N(c4ccc(F)cc4)C3)nc3ccccc32)c1. The lowest BCUT2D eigenvalue weighted by Crippen LogP contribution is -2.26. The molecule has 2 unspecified atom stereocenters. The van der Waals surface area contributed by atoms with E-state index in [1.807, 2.05) is 54.8 Å². The average molecular weight is 474 g/mol. The third-order valence-electron chi connectivity index (χ3n) is 6.34. The number of amides is 1. The fourth-order valence-electron chi connectivity index (χ4n) is 4.82. The highest BCUT2D eigenvalue weighted by Crippen LogP contribution is 2.33. The number of aryl methyl sites for hydroxylation is 2. The molecule has 3 aromatic carbocycles. The van der Waals surface area contributed by atoms with E-state index in [0.29, 0.717) is 25.2 Å². The molecule has 2 heterocycles. The van der Waals surface area contributed by atoms with Crippen LogP contribution in [0.4, 0.5) is 10.1 Å². The number of carbonyl (C=O) groups excluding carboxylic acids is 1. The minimum atomic E-state index is -0.766. The first-order valence-corrected chi connectivity index (χ1v) is 11.8. The van der Waals surface area contributed by atoms with Crippen molar-refractivity contribution in [3.8, 4) is 5.75 Å². The lowest BCUT2D eigenvalue weighted by atomic mass is 10.1. The predicted octanol–water partition coefficient (Wildman–Crippen LogP) is 4.75. The van der Waals surface area contributed by atoms with Crippen LogP contribution in [-0.2, 0) is 11.3 Å². The number of hydrogen-bond acceptors (Lipinski definition) is 4. The van der Waals surface area contributed by atoms with Crippen LogP contribution >= 0.6 is 0 Å². The molecule has 4 aromatic rings. The van der Waals surface area contributed by atoms with Gasteiger partial charge < -0.3 is 19.3 Å². The Bertz CT molecular complexity index is 1350. The van der Waals surface area contributed by atoms with Crippen molar-refractivity contribution in [2.45, 2.75) is 38.8 Å². The van der Waals surface area contributed by atoms with Crippen LogP contribution < -0.4 is 9.64 Å². The molecule has 1 saturated heterocycles. The number of imidazole rings is 1. The summed E-state index contributed by atoms with van der Waals surface area (Å²) in [6.07, 6.45) is -0.465. The summed E-state index contributed by atoms with van der Waals surface area (Å²) in [6.45, 7) is 4.90. The van der Waals surface area contributed by atoms with E-state index in [1.165, 1.54) is 12.1 Å². The molecule has 1 fully saturated rings. The van der Waals surface area contributed by atoms with Gasteiger partial charge in [0, 0.05) is 24.6 Å². The molecule has 35 heavy (non-hydrogen) atoms. The molecule has 0 aliphatic carbocycles. The van der Waals surface area contributed by atoms with E-state index in [1.54, 1.807) is 17.0 Å². The Morgan fingerprint density at radius 2 is 1.80 bits per heavy atom. The van der Waals surface area contributed by atoms with Gasteiger partial charge in [-0.05, 0) is 73.5 Å². The highest BCUT2D eigenvalue weighted by molar-refractivity contribution is 5.96. The van der Waals surface area contributed by atoms with Crippen LogP contribution in [0.1, 0.15) is 29.3 Å². The van der Waals surface area contributed by atoms with Crippen LogP contribution in [0, 0.1) is 19.7 Å². The number of aromatic nitrogens is 2. The van der Waals surface area contributed by atoms with Crippen LogP contribution in [0.15, 0.2) is 66.7 Å². The van der Waals surface area contributed by atoms with Gasteiger partial charge in [0.2, 0.25) is 5.91 Å². The molecule has 7 heteroatoms. The zero-order valence-corrected chi connectivity index (χ0v) is 19.8. The lowest BCUT2D eigenvalue weighted by Gasteiger charge is -2.19. The Kier molecular flexibility index (Phi) is 6.26. The topological polar surface area (TPSA) is 67.6 Å². The molecule has 180 valence electrons. The van der Waals surface area contributed by atoms with Gasteiger partial charge in [0.15, 0.2) is 0 Å². The summed E-state index contributed by atoms with van der Waals surface area (Å²) in [4.78, 5) is 19.3. The molecule has 1 N–H and O–H groups in total. The van der Waals surface area contributed by atoms with E-state index in [2.05, 4.69) is 6.07 Å². The number of ether oxygens (including phenoxy) is 1. The summed E-state index contributed by atoms with van der Waals surface area (Å²) >= 11 is 0. The minimum absolute atomic E-state index is 0.0288. The average Bonchev–Trinajstić information content (AvgIpc) is 3.38. The van der Waals surface area contributed by atoms with Crippen LogP contribution in [-0.4, -0.2) is 39.8 Å². The predicted molar refractivity (Wildman–Crippen MR) is 133 cm³/mol. The van der Waals surface area contributed by atoms with Crippen molar-refractivity contribution in [2.75, 3.05) is 18.1 Å². The molecule has 1 aromatic heterocycles. The Balaban J connectivity index is 1.37. The number of carbonyl (C=O) groups is 1. The number of nitrogens with zero attached hydrogens (tertiary/aromatic N) is 3. The van der Waals surface area contributed by atoms with E-state index in [0.717, 1.165) is 33.7 Å². The van der Waals surface area contributed by atoms with Crippen molar-refractivity contribution >= 4 is 22.6 Å². The summed E-state index contributed by atoms with van der Waals surface area (Å²) in [5, 5.41) is 10.9. The normalized spacial score (nSPS) is 16.7. The van der Waals surface area contributed by atoms with Crippen molar-refractivity contribution in [2.24, 2.45) is 0 Å². The Labute approximate surface area is 203 Å². The molecule has 0 saturated carbocycles. The summed E-state index contributed by atoms with van der Waals surface area (Å²) in [5.41, 5.74) is 4.60. The van der Waals surface area contributed by atoms with E-state index < -0.39 is 6.10 Å². The van der Waals surface area contributed by atoms with Gasteiger partial charge in [-0.15, -0.1) is 0 Å². The summed E-state index contributed by atoms with van der Waals surface area (Å²) in [5.74, 6) is 0.977. The molecule has 1 amide bonds. The van der Waals surface area contributed by atoms with Crippen LogP contribution in [0.3, 0.4) is 0 Å². The zero-order chi connectivity index (χ0) is 24.5. The minimum Gasteiger partial charge on any atom is -0.491 e. The third kappa shape index (κ3) is 4.91. The lowest BCUT2D eigenvalue weighted by molar-refractivity contribution is -0.117. The van der Waals surface area contributed by atoms with Crippen molar-refractivity contribution in [1.82, 2.24) is 9.55 Å². The molecule has 0 radical (unpaired) electrons. The van der Waals surface area contributed by atoms with E-state index >= 15 is 0 Å². The molecular weight excluding hydrogens is 445 g/mol. The van der Waals surface area contributed by atoms with Gasteiger partial charge in [-0.25, -0.2) is 9.37 Å². The smallest absolute Gasteiger partial charge is 0.227 e. The fourth-order valence-corrected chi connectivity index (χ4v) is 4.82. The Morgan fingerprint density at radius 1 is 1.09 bits per heavy atom. The number of halogens is 1. The number of fused-ring (bicyclic) bond motifs is 1. The van der Waals surface area contributed by atoms with Crippen molar-refractivity contribution in [1.29, 1.82) is 0 Å². The second-order valence-electron chi connectivity index (χ2n) is 9.24. The van der Waals surface area contributed by atoms with Gasteiger partial charge in [0.1, 0.15) is 30.1 Å². The Hall–Kier alpha value is -3.71. The highest BCUT2D eigenvalue weighted by Gasteiger charge is 2.35. The molecule has 1 aliphatic rings. The number of anilines is 1. The molecule has 6 nitrogen and oxygen atoms in total. The van der Waals surface area contributed by atoms with Crippen molar-refractivity contribution < 1.29 is 19.0 Å². The summed E-state index contributed by atoms with van der Waals surface area (Å²) in [7, 11) is 0. The number of para-hydroxylation sites is 2. The van der Waals surface area contributed by atoms with Gasteiger partial charge in [-0.3, -0.25) is 4.79 Å². The maximum absolute atomic E-state index is 13.4. The van der Waals surface area contributed by atoms with Gasteiger partial charge in [0.05, 0.1) is 17.6 Å². The molecule has 2 atom stereocenters. The fraction of sp³-hybridized carbons (Fsp3) is 0.286. The monoisotopic (exact) mass is 473 g/mol. The number of hydrogen-bond donors (Lipinski definition) is 1. The molecule has 0 bridgehead atoms. The van der Waals surface area contributed by atoms with E-state index in [4.69, 9.17) is 9.72 Å². The van der Waals surface area contributed by atoms with E-state index in [-0.39, 0.29) is 24.2 Å². The van der Waals surface area contributed by atoms with Crippen LogP contribution in [0.25, 0.3) is 11.0 Å². The van der Waals surface area contributed by atoms with Crippen molar-refractivity contribution in [3.63, 3.8) is 0 Å². The summed E-state index contributed by atoms with van der Waals surface area (Å²) < 4.78 is 21.2. The molecule has 0 spiro atoms. The number of aliphatic hydroxyl groups excluding tert-OH is 1. The quantitative estimate of drug-likeness (QED) is 0.421. The first-order valence-electron chi connectivity index (χ1n) is 11.8. The van der Waals surface area contributed by atoms with Gasteiger partial charge >= 0.3 is 0 Å². The number of aliphatic hydroxyl groups is 1. The zero-order valence-electron chi connectivity index (χ0n) is 19.8. The maximum atomic E-state index is 13.4. The maximum Gasteiger partial charge on any atom is 0.227 e.